The molecule has 0 aromatic heterocycles. The molecule has 0 saturated carbocycles. The molecule has 1 rings (SSSR count). The zero-order chi connectivity index (χ0) is 8.27. The molecule has 3 heteroatoms. The van der Waals surface area contributed by atoms with E-state index in [0.717, 1.165) is 19.5 Å². The van der Waals surface area contributed by atoms with Crippen molar-refractivity contribution in [3.05, 3.63) is 6.42 Å². The van der Waals surface area contributed by atoms with Crippen LogP contribution in [0.15, 0.2) is 0 Å². The van der Waals surface area contributed by atoms with Gasteiger partial charge >= 0.3 is 0 Å². The number of hydrogen-bond donors (Lipinski definition) is 1. The van der Waals surface area contributed by atoms with Gasteiger partial charge in [-0.25, -0.2) is 0 Å². The van der Waals surface area contributed by atoms with E-state index in [2.05, 4.69) is 11.7 Å². The fourth-order valence-electron chi connectivity index (χ4n) is 1.25. The first kappa shape index (κ1) is 8.53. The Kier molecular flexibility index (Phi) is 2.88. The van der Waals surface area contributed by atoms with Crippen LogP contribution in [0.5, 0.6) is 0 Å². The minimum absolute atomic E-state index is 0.0961. The molecule has 1 heterocycles. The van der Waals surface area contributed by atoms with Crippen molar-refractivity contribution in [2.45, 2.75) is 6.42 Å². The van der Waals surface area contributed by atoms with Gasteiger partial charge in [0.2, 0.25) is 5.91 Å². The van der Waals surface area contributed by atoms with Crippen LogP contribution in [-0.2, 0) is 4.79 Å². The van der Waals surface area contributed by atoms with Gasteiger partial charge in [0.05, 0.1) is 5.92 Å². The summed E-state index contributed by atoms with van der Waals surface area (Å²) < 4.78 is 0. The number of carbonyl (C=O) groups excluding carboxylic acids is 1. The smallest absolute Gasteiger partial charge is 0.226 e. The summed E-state index contributed by atoms with van der Waals surface area (Å²) in [6, 6.07) is 0. The zero-order valence-corrected chi connectivity index (χ0v) is 7.13. The average molecular weight is 155 g/mol. The van der Waals surface area contributed by atoms with Gasteiger partial charge in [-0.05, 0) is 19.4 Å². The zero-order valence-electron chi connectivity index (χ0n) is 7.13. The third-order valence-electron chi connectivity index (χ3n) is 1.89. The standard InChI is InChI=1S/C8H15N2O/c1-10(2)8(11)7-4-3-5-9-6-7/h4,7,9H,3,5-6H2,1-2H3. The number of nitrogens with zero attached hydrogens (tertiary/aromatic N) is 1. The molecule has 1 radical (unpaired) electrons. The van der Waals surface area contributed by atoms with E-state index in [9.17, 15) is 4.79 Å². The summed E-state index contributed by atoms with van der Waals surface area (Å²) in [6.45, 7) is 1.81. The first-order valence-electron chi connectivity index (χ1n) is 3.97. The molecule has 1 aliphatic rings. The van der Waals surface area contributed by atoms with E-state index in [1.807, 2.05) is 0 Å². The van der Waals surface area contributed by atoms with Gasteiger partial charge in [0.25, 0.3) is 0 Å². The van der Waals surface area contributed by atoms with Crippen LogP contribution in [0, 0.1) is 12.3 Å². The molecule has 63 valence electrons. The van der Waals surface area contributed by atoms with Crippen LogP contribution < -0.4 is 5.32 Å². The Labute approximate surface area is 67.8 Å². The summed E-state index contributed by atoms with van der Waals surface area (Å²) >= 11 is 0. The van der Waals surface area contributed by atoms with E-state index in [0.29, 0.717) is 0 Å². The maximum absolute atomic E-state index is 11.4. The summed E-state index contributed by atoms with van der Waals surface area (Å²) in [7, 11) is 3.59. The molecule has 1 atom stereocenters. The number of rotatable bonds is 1. The first-order chi connectivity index (χ1) is 5.22. The van der Waals surface area contributed by atoms with Gasteiger partial charge < -0.3 is 10.2 Å². The Morgan fingerprint density at radius 1 is 1.64 bits per heavy atom. The van der Waals surface area contributed by atoms with Crippen LogP contribution in [0.1, 0.15) is 6.42 Å². The van der Waals surface area contributed by atoms with Crippen LogP contribution in [0.3, 0.4) is 0 Å². The first-order valence-corrected chi connectivity index (χ1v) is 3.97. The molecule has 3 nitrogen and oxygen atoms in total. The van der Waals surface area contributed by atoms with Crippen molar-refractivity contribution < 1.29 is 4.79 Å². The van der Waals surface area contributed by atoms with Crippen molar-refractivity contribution >= 4 is 5.91 Å². The lowest BCUT2D eigenvalue weighted by Gasteiger charge is -2.24. The Morgan fingerprint density at radius 2 is 2.36 bits per heavy atom. The summed E-state index contributed by atoms with van der Waals surface area (Å²) in [4.78, 5) is 13.0. The highest BCUT2D eigenvalue weighted by atomic mass is 16.2. The Balaban J connectivity index is 2.39. The number of nitrogens with one attached hydrogen (secondary N) is 1. The Bertz CT molecular complexity index is 139. The number of amides is 1. The van der Waals surface area contributed by atoms with Crippen molar-refractivity contribution in [3.63, 3.8) is 0 Å². The fraction of sp³-hybridized carbons (Fsp3) is 0.750. The van der Waals surface area contributed by atoms with Crippen molar-refractivity contribution in [2.75, 3.05) is 27.2 Å². The molecule has 1 amide bonds. The number of piperidine rings is 1. The molecule has 1 unspecified atom stereocenters. The third-order valence-corrected chi connectivity index (χ3v) is 1.89. The average Bonchev–Trinajstić information content (AvgIpc) is 2.05. The summed E-state index contributed by atoms with van der Waals surface area (Å²) in [5.74, 6) is 0.302. The van der Waals surface area contributed by atoms with Gasteiger partial charge in [0.1, 0.15) is 0 Å². The highest BCUT2D eigenvalue weighted by Gasteiger charge is 2.21. The lowest BCUT2D eigenvalue weighted by Crippen LogP contribution is -2.40. The van der Waals surface area contributed by atoms with Crippen molar-refractivity contribution in [3.8, 4) is 0 Å². The topological polar surface area (TPSA) is 32.3 Å². The van der Waals surface area contributed by atoms with Gasteiger partial charge in [0, 0.05) is 20.6 Å². The normalized spacial score (nSPS) is 24.7. The SMILES string of the molecule is CN(C)C(=O)C1[CH]CCNC1. The van der Waals surface area contributed by atoms with Crippen molar-refractivity contribution in [2.24, 2.45) is 5.92 Å². The third kappa shape index (κ3) is 2.19. The maximum atomic E-state index is 11.4. The van der Waals surface area contributed by atoms with E-state index in [4.69, 9.17) is 0 Å². The van der Waals surface area contributed by atoms with E-state index in [1.165, 1.54) is 0 Å². The van der Waals surface area contributed by atoms with Crippen LogP contribution in [0.4, 0.5) is 0 Å². The minimum Gasteiger partial charge on any atom is -0.349 e. The largest absolute Gasteiger partial charge is 0.349 e. The van der Waals surface area contributed by atoms with Crippen molar-refractivity contribution in [1.82, 2.24) is 10.2 Å². The van der Waals surface area contributed by atoms with Gasteiger partial charge in [-0.1, -0.05) is 0 Å². The minimum atomic E-state index is 0.0961. The van der Waals surface area contributed by atoms with E-state index in [1.54, 1.807) is 19.0 Å². The van der Waals surface area contributed by atoms with Crippen LogP contribution >= 0.6 is 0 Å². The van der Waals surface area contributed by atoms with Crippen LogP contribution in [0.25, 0.3) is 0 Å². The number of hydrogen-bond acceptors (Lipinski definition) is 2. The van der Waals surface area contributed by atoms with Gasteiger partial charge in [0.15, 0.2) is 0 Å². The molecule has 1 N–H and O–H groups in total. The fourth-order valence-corrected chi connectivity index (χ4v) is 1.25. The molecule has 11 heavy (non-hydrogen) atoms. The second-order valence-electron chi connectivity index (χ2n) is 3.07. The molecule has 0 bridgehead atoms. The highest BCUT2D eigenvalue weighted by Crippen LogP contribution is 2.10. The summed E-state index contributed by atoms with van der Waals surface area (Å²) in [5, 5.41) is 3.19. The van der Waals surface area contributed by atoms with E-state index < -0.39 is 0 Å². The van der Waals surface area contributed by atoms with Crippen LogP contribution in [0.2, 0.25) is 0 Å². The molecule has 0 aromatic carbocycles. The second-order valence-corrected chi connectivity index (χ2v) is 3.07. The molecule has 1 fully saturated rings. The van der Waals surface area contributed by atoms with Crippen molar-refractivity contribution in [1.29, 1.82) is 0 Å². The molecular formula is C8H15N2O. The van der Waals surface area contributed by atoms with Crippen LogP contribution in [-0.4, -0.2) is 38.0 Å². The van der Waals surface area contributed by atoms with Gasteiger partial charge in [-0.2, -0.15) is 0 Å². The molecule has 0 spiro atoms. The molecular weight excluding hydrogens is 140 g/mol. The highest BCUT2D eigenvalue weighted by molar-refractivity contribution is 5.79. The summed E-state index contributed by atoms with van der Waals surface area (Å²) in [5.41, 5.74) is 0. The van der Waals surface area contributed by atoms with Gasteiger partial charge in [-0.3, -0.25) is 4.79 Å². The van der Waals surface area contributed by atoms with E-state index in [-0.39, 0.29) is 11.8 Å². The Hall–Kier alpha value is -0.570. The molecule has 1 aliphatic heterocycles. The quantitative estimate of drug-likeness (QED) is 0.573. The molecule has 0 aromatic rings. The Morgan fingerprint density at radius 3 is 2.82 bits per heavy atom. The van der Waals surface area contributed by atoms with E-state index >= 15 is 0 Å². The number of carbonyl (C=O) groups is 1. The molecule has 0 aliphatic carbocycles. The molecule has 1 saturated heterocycles. The summed E-state index contributed by atoms with van der Waals surface area (Å²) in [6.07, 6.45) is 3.10. The lowest BCUT2D eigenvalue weighted by atomic mass is 9.98. The maximum Gasteiger partial charge on any atom is 0.226 e. The van der Waals surface area contributed by atoms with Gasteiger partial charge in [-0.15, -0.1) is 0 Å². The predicted molar refractivity (Wildman–Crippen MR) is 44.0 cm³/mol. The monoisotopic (exact) mass is 155 g/mol. The lowest BCUT2D eigenvalue weighted by molar-refractivity contribution is -0.132. The second kappa shape index (κ2) is 3.72. The predicted octanol–water partition coefficient (Wildman–Crippen LogP) is -0.112.